The lowest BCUT2D eigenvalue weighted by Crippen LogP contribution is -2.11. The molecule has 2 aromatic rings. The third kappa shape index (κ3) is 3.35. The maximum Gasteiger partial charge on any atom is 0.0398 e. The Morgan fingerprint density at radius 1 is 1.25 bits per heavy atom. The Hall–Kier alpha value is -0.290. The molecule has 2 rings (SSSR count). The fourth-order valence-electron chi connectivity index (χ4n) is 1.30. The highest BCUT2D eigenvalue weighted by Gasteiger charge is 2.06. The SMILES string of the molecule is NC(CSc1ccc(Br)cc1)c1ccsc1. The van der Waals surface area contributed by atoms with E-state index in [9.17, 15) is 0 Å². The molecule has 4 heteroatoms. The van der Waals surface area contributed by atoms with E-state index in [1.54, 1.807) is 23.1 Å². The molecule has 0 bridgehead atoms. The summed E-state index contributed by atoms with van der Waals surface area (Å²) in [7, 11) is 0. The van der Waals surface area contributed by atoms with Gasteiger partial charge in [-0.25, -0.2) is 0 Å². The van der Waals surface area contributed by atoms with Crippen LogP contribution in [0.2, 0.25) is 0 Å². The lowest BCUT2D eigenvalue weighted by molar-refractivity contribution is 0.836. The van der Waals surface area contributed by atoms with Crippen LogP contribution in [0.1, 0.15) is 11.6 Å². The summed E-state index contributed by atoms with van der Waals surface area (Å²) in [6.07, 6.45) is 0. The summed E-state index contributed by atoms with van der Waals surface area (Å²) in [5.74, 6) is 0.915. The van der Waals surface area contributed by atoms with Crippen LogP contribution in [0.3, 0.4) is 0 Å². The second-order valence-corrected chi connectivity index (χ2v) is 6.22. The van der Waals surface area contributed by atoms with Crippen LogP contribution in [0.25, 0.3) is 0 Å². The Bertz CT molecular complexity index is 425. The minimum Gasteiger partial charge on any atom is -0.323 e. The molecule has 0 amide bonds. The predicted octanol–water partition coefficient (Wildman–Crippen LogP) is 4.30. The van der Waals surface area contributed by atoms with Crippen molar-refractivity contribution in [2.75, 3.05) is 5.75 Å². The summed E-state index contributed by atoms with van der Waals surface area (Å²) in [5, 5.41) is 4.19. The van der Waals surface area contributed by atoms with E-state index in [0.717, 1.165) is 10.2 Å². The van der Waals surface area contributed by atoms with E-state index in [-0.39, 0.29) is 6.04 Å². The molecule has 0 aliphatic heterocycles. The van der Waals surface area contributed by atoms with Gasteiger partial charge in [0.2, 0.25) is 0 Å². The number of thiophene rings is 1. The van der Waals surface area contributed by atoms with Crippen LogP contribution in [-0.4, -0.2) is 5.75 Å². The van der Waals surface area contributed by atoms with Crippen LogP contribution < -0.4 is 5.73 Å². The van der Waals surface area contributed by atoms with Gasteiger partial charge in [0.1, 0.15) is 0 Å². The summed E-state index contributed by atoms with van der Waals surface area (Å²) in [6.45, 7) is 0. The first-order chi connectivity index (χ1) is 7.75. The normalized spacial score (nSPS) is 12.6. The fraction of sp³-hybridized carbons (Fsp3) is 0.167. The second kappa shape index (κ2) is 5.87. The van der Waals surface area contributed by atoms with E-state index in [2.05, 4.69) is 57.0 Å². The number of halogens is 1. The monoisotopic (exact) mass is 313 g/mol. The van der Waals surface area contributed by atoms with Crippen LogP contribution in [0.4, 0.5) is 0 Å². The Kier molecular flexibility index (Phi) is 4.46. The van der Waals surface area contributed by atoms with Crippen LogP contribution >= 0.6 is 39.0 Å². The van der Waals surface area contributed by atoms with E-state index in [0.29, 0.717) is 0 Å². The number of thioether (sulfide) groups is 1. The first-order valence-electron chi connectivity index (χ1n) is 4.92. The largest absolute Gasteiger partial charge is 0.323 e. The van der Waals surface area contributed by atoms with Gasteiger partial charge >= 0.3 is 0 Å². The highest BCUT2D eigenvalue weighted by Crippen LogP contribution is 2.25. The molecule has 1 unspecified atom stereocenters. The maximum atomic E-state index is 6.09. The van der Waals surface area contributed by atoms with Gasteiger partial charge in [0.25, 0.3) is 0 Å². The first kappa shape index (κ1) is 12.2. The van der Waals surface area contributed by atoms with Crippen molar-refractivity contribution in [1.29, 1.82) is 0 Å². The van der Waals surface area contributed by atoms with Gasteiger partial charge in [0.15, 0.2) is 0 Å². The fourth-order valence-corrected chi connectivity index (χ4v) is 3.18. The smallest absolute Gasteiger partial charge is 0.0398 e. The lowest BCUT2D eigenvalue weighted by Gasteiger charge is -2.09. The van der Waals surface area contributed by atoms with Crippen LogP contribution in [0.5, 0.6) is 0 Å². The van der Waals surface area contributed by atoms with Crippen LogP contribution in [0, 0.1) is 0 Å². The molecule has 0 saturated carbocycles. The standard InChI is InChI=1S/C12H12BrNS2/c13-10-1-3-11(4-2-10)16-8-12(14)9-5-6-15-7-9/h1-7,12H,8,14H2. The average molecular weight is 314 g/mol. The van der Waals surface area contributed by atoms with Crippen molar-refractivity contribution >= 4 is 39.0 Å². The number of rotatable bonds is 4. The van der Waals surface area contributed by atoms with Gasteiger partial charge < -0.3 is 5.73 Å². The molecule has 1 aromatic heterocycles. The van der Waals surface area contributed by atoms with Crippen molar-refractivity contribution in [1.82, 2.24) is 0 Å². The summed E-state index contributed by atoms with van der Waals surface area (Å²) >= 11 is 6.91. The van der Waals surface area contributed by atoms with Crippen LogP contribution in [0.15, 0.2) is 50.5 Å². The summed E-state index contributed by atoms with van der Waals surface area (Å²) in [5.41, 5.74) is 7.32. The minimum atomic E-state index is 0.125. The zero-order chi connectivity index (χ0) is 11.4. The van der Waals surface area contributed by atoms with Crippen LogP contribution in [-0.2, 0) is 0 Å². The second-order valence-electron chi connectivity index (χ2n) is 3.43. The molecular weight excluding hydrogens is 302 g/mol. The van der Waals surface area contributed by atoms with Gasteiger partial charge in [-0.3, -0.25) is 0 Å². The van der Waals surface area contributed by atoms with Gasteiger partial charge in [-0.05, 0) is 46.7 Å². The van der Waals surface area contributed by atoms with Gasteiger partial charge in [-0.2, -0.15) is 11.3 Å². The van der Waals surface area contributed by atoms with Gasteiger partial charge in [0, 0.05) is 21.2 Å². The molecule has 1 aromatic carbocycles. The molecule has 1 nitrogen and oxygen atoms in total. The summed E-state index contributed by atoms with van der Waals surface area (Å²) in [4.78, 5) is 1.26. The zero-order valence-electron chi connectivity index (χ0n) is 8.60. The Morgan fingerprint density at radius 3 is 2.62 bits per heavy atom. The average Bonchev–Trinajstić information content (AvgIpc) is 2.81. The van der Waals surface area contributed by atoms with E-state index >= 15 is 0 Å². The number of benzene rings is 1. The Morgan fingerprint density at radius 2 is 2.00 bits per heavy atom. The van der Waals surface area contributed by atoms with Crippen molar-refractivity contribution in [3.63, 3.8) is 0 Å². The van der Waals surface area contributed by atoms with Crippen molar-refractivity contribution in [3.8, 4) is 0 Å². The quantitative estimate of drug-likeness (QED) is 0.851. The first-order valence-corrected chi connectivity index (χ1v) is 7.64. The molecule has 0 aliphatic rings. The molecule has 1 heterocycles. The minimum absolute atomic E-state index is 0.125. The topological polar surface area (TPSA) is 26.0 Å². The molecule has 1 atom stereocenters. The highest BCUT2D eigenvalue weighted by atomic mass is 79.9. The molecule has 0 aliphatic carbocycles. The lowest BCUT2D eigenvalue weighted by atomic mass is 10.2. The highest BCUT2D eigenvalue weighted by molar-refractivity contribution is 9.10. The third-order valence-electron chi connectivity index (χ3n) is 2.21. The van der Waals surface area contributed by atoms with Crippen molar-refractivity contribution in [3.05, 3.63) is 51.1 Å². The van der Waals surface area contributed by atoms with E-state index in [1.807, 2.05) is 0 Å². The zero-order valence-corrected chi connectivity index (χ0v) is 11.8. The number of hydrogen-bond acceptors (Lipinski definition) is 3. The van der Waals surface area contributed by atoms with E-state index in [1.165, 1.54) is 10.5 Å². The van der Waals surface area contributed by atoms with E-state index in [4.69, 9.17) is 5.73 Å². The van der Waals surface area contributed by atoms with Crippen molar-refractivity contribution in [2.45, 2.75) is 10.9 Å². The Labute approximate surface area is 112 Å². The molecule has 16 heavy (non-hydrogen) atoms. The molecule has 84 valence electrons. The Balaban J connectivity index is 1.90. The van der Waals surface area contributed by atoms with Gasteiger partial charge in [-0.1, -0.05) is 15.9 Å². The van der Waals surface area contributed by atoms with E-state index < -0.39 is 0 Å². The molecular formula is C12H12BrNS2. The summed E-state index contributed by atoms with van der Waals surface area (Å²) in [6, 6.07) is 10.5. The molecule has 0 saturated heterocycles. The number of nitrogens with two attached hydrogens (primary N) is 1. The summed E-state index contributed by atoms with van der Waals surface area (Å²) < 4.78 is 1.11. The van der Waals surface area contributed by atoms with Crippen molar-refractivity contribution < 1.29 is 0 Å². The van der Waals surface area contributed by atoms with Gasteiger partial charge in [0.05, 0.1) is 0 Å². The number of hydrogen-bond donors (Lipinski definition) is 1. The maximum absolute atomic E-state index is 6.09. The molecule has 0 spiro atoms. The van der Waals surface area contributed by atoms with Gasteiger partial charge in [-0.15, -0.1) is 11.8 Å². The molecule has 0 radical (unpaired) electrons. The molecule has 0 fully saturated rings. The van der Waals surface area contributed by atoms with Crippen molar-refractivity contribution in [2.24, 2.45) is 5.73 Å². The molecule has 2 N–H and O–H groups in total. The third-order valence-corrected chi connectivity index (χ3v) is 4.58. The predicted molar refractivity (Wildman–Crippen MR) is 76.1 cm³/mol.